The summed E-state index contributed by atoms with van der Waals surface area (Å²) in [7, 11) is 0. The molecule has 0 aliphatic carbocycles. The van der Waals surface area contributed by atoms with Gasteiger partial charge in [-0.25, -0.2) is 0 Å². The molecule has 0 spiro atoms. The van der Waals surface area contributed by atoms with Crippen molar-refractivity contribution in [2.24, 2.45) is 0 Å². The molecule has 0 aromatic heterocycles. The summed E-state index contributed by atoms with van der Waals surface area (Å²) in [6, 6.07) is 0. The first-order valence-electron chi connectivity index (χ1n) is 14.6. The third kappa shape index (κ3) is 14.3. The van der Waals surface area contributed by atoms with Gasteiger partial charge in [-0.15, -0.1) is 0 Å². The molecule has 0 aromatic carbocycles. The number of aliphatic hydroxyl groups excluding tert-OH is 2. The molecule has 0 aromatic rings. The minimum atomic E-state index is -0.312. The van der Waals surface area contributed by atoms with Crippen LogP contribution < -0.4 is 0 Å². The lowest BCUT2D eigenvalue weighted by Gasteiger charge is -2.30. The molecule has 1 aliphatic rings. The van der Waals surface area contributed by atoms with Crippen molar-refractivity contribution >= 4 is 0 Å². The average molecular weight is 501 g/mol. The molecular weight excluding hydrogens is 440 g/mol. The van der Waals surface area contributed by atoms with Crippen LogP contribution >= 0.6 is 0 Å². The highest BCUT2D eigenvalue weighted by molar-refractivity contribution is 4.77. The molecule has 2 unspecified atom stereocenters. The summed E-state index contributed by atoms with van der Waals surface area (Å²) in [4.78, 5) is 14.5. The van der Waals surface area contributed by atoms with E-state index in [-0.39, 0.29) is 12.2 Å². The van der Waals surface area contributed by atoms with E-state index in [2.05, 4.69) is 70.9 Å². The molecular formula is C27H60N6O2. The number of hydrogen-bond donors (Lipinski definition) is 2. The van der Waals surface area contributed by atoms with E-state index in [0.29, 0.717) is 0 Å². The highest BCUT2D eigenvalue weighted by Crippen LogP contribution is 2.07. The molecule has 1 rings (SSSR count). The Kier molecular flexibility index (Phi) is 18.5. The van der Waals surface area contributed by atoms with Gasteiger partial charge in [0.2, 0.25) is 0 Å². The molecule has 35 heavy (non-hydrogen) atoms. The monoisotopic (exact) mass is 500 g/mol. The van der Waals surface area contributed by atoms with E-state index in [9.17, 15) is 10.2 Å². The van der Waals surface area contributed by atoms with Crippen LogP contribution in [-0.4, -0.2) is 170 Å². The van der Waals surface area contributed by atoms with Gasteiger partial charge in [0.15, 0.2) is 0 Å². The minimum absolute atomic E-state index is 0.312. The normalized spacial score (nSPS) is 18.2. The molecule has 8 nitrogen and oxygen atoms in total. The van der Waals surface area contributed by atoms with Crippen molar-refractivity contribution in [3.63, 3.8) is 0 Å². The van der Waals surface area contributed by atoms with Gasteiger partial charge in [-0.2, -0.15) is 0 Å². The summed E-state index contributed by atoms with van der Waals surface area (Å²) >= 11 is 0. The van der Waals surface area contributed by atoms with Gasteiger partial charge in [0.05, 0.1) is 12.2 Å². The first kappa shape index (κ1) is 32.7. The first-order valence-corrected chi connectivity index (χ1v) is 14.6. The Morgan fingerprint density at radius 3 is 1.14 bits per heavy atom. The third-order valence-electron chi connectivity index (χ3n) is 7.71. The zero-order valence-corrected chi connectivity index (χ0v) is 24.2. The lowest BCUT2D eigenvalue weighted by Crippen LogP contribution is -2.45. The van der Waals surface area contributed by atoms with E-state index in [1.165, 1.54) is 0 Å². The molecule has 2 N–H and O–H groups in total. The van der Waals surface area contributed by atoms with Crippen molar-refractivity contribution in [3.05, 3.63) is 0 Å². The topological polar surface area (TPSA) is 59.9 Å². The van der Waals surface area contributed by atoms with Gasteiger partial charge < -0.3 is 20.0 Å². The minimum Gasteiger partial charge on any atom is -0.390 e. The van der Waals surface area contributed by atoms with Crippen LogP contribution in [0.2, 0.25) is 0 Å². The molecule has 0 amide bonds. The average Bonchev–Trinajstić information content (AvgIpc) is 3.08. The maximum Gasteiger partial charge on any atom is 0.0793 e. The summed E-state index contributed by atoms with van der Waals surface area (Å²) in [5.74, 6) is 0. The van der Waals surface area contributed by atoms with Gasteiger partial charge in [-0.05, 0) is 58.8 Å². The molecule has 1 heterocycles. The predicted molar refractivity (Wildman–Crippen MR) is 149 cm³/mol. The van der Waals surface area contributed by atoms with Gasteiger partial charge in [-0.1, -0.05) is 41.5 Å². The summed E-state index contributed by atoms with van der Waals surface area (Å²) in [6.07, 6.45) is 0.471. The number of β-amino-alcohol motifs (C(OH)–C–C–N with tert-alkyl or cyclic N) is 2. The summed E-state index contributed by atoms with van der Waals surface area (Å²) in [6.45, 7) is 30.7. The molecule has 1 fully saturated rings. The van der Waals surface area contributed by atoms with E-state index < -0.39 is 0 Å². The van der Waals surface area contributed by atoms with Crippen LogP contribution in [0.4, 0.5) is 0 Å². The smallest absolute Gasteiger partial charge is 0.0793 e. The van der Waals surface area contributed by atoms with Crippen LogP contribution in [0, 0.1) is 0 Å². The van der Waals surface area contributed by atoms with Crippen LogP contribution in [0.5, 0.6) is 0 Å². The fourth-order valence-corrected chi connectivity index (χ4v) is 5.10. The second-order valence-electron chi connectivity index (χ2n) is 10.1. The summed E-state index contributed by atoms with van der Waals surface area (Å²) in [5.41, 5.74) is 0. The van der Waals surface area contributed by atoms with E-state index >= 15 is 0 Å². The van der Waals surface area contributed by atoms with Crippen molar-refractivity contribution in [1.29, 1.82) is 0 Å². The van der Waals surface area contributed by atoms with E-state index in [4.69, 9.17) is 0 Å². The number of rotatable bonds is 20. The van der Waals surface area contributed by atoms with Crippen LogP contribution in [0.3, 0.4) is 0 Å². The van der Waals surface area contributed by atoms with Crippen molar-refractivity contribution in [1.82, 2.24) is 29.4 Å². The van der Waals surface area contributed by atoms with Crippen molar-refractivity contribution in [2.45, 2.75) is 60.2 Å². The Balaban J connectivity index is 2.37. The van der Waals surface area contributed by atoms with Crippen molar-refractivity contribution in [3.8, 4) is 0 Å². The SMILES string of the molecule is CCN(CC)CCN(CC)CC(O)CN1CCCN(CC(O)CN(CC)CCN(CC)CC)CC1. The molecule has 0 radical (unpaired) electrons. The van der Waals surface area contributed by atoms with Crippen molar-refractivity contribution < 1.29 is 10.2 Å². The van der Waals surface area contributed by atoms with Crippen LogP contribution in [0.15, 0.2) is 0 Å². The highest BCUT2D eigenvalue weighted by Gasteiger charge is 2.21. The number of aliphatic hydroxyl groups is 2. The maximum absolute atomic E-state index is 10.8. The summed E-state index contributed by atoms with van der Waals surface area (Å²) in [5, 5.41) is 21.6. The van der Waals surface area contributed by atoms with E-state index in [1.54, 1.807) is 0 Å². The molecule has 2 atom stereocenters. The highest BCUT2D eigenvalue weighted by atomic mass is 16.3. The van der Waals surface area contributed by atoms with Gasteiger partial charge in [0.25, 0.3) is 0 Å². The summed E-state index contributed by atoms with van der Waals surface area (Å²) < 4.78 is 0. The van der Waals surface area contributed by atoms with Crippen LogP contribution in [0.25, 0.3) is 0 Å². The fourth-order valence-electron chi connectivity index (χ4n) is 5.10. The Morgan fingerprint density at radius 1 is 0.514 bits per heavy atom. The van der Waals surface area contributed by atoms with Crippen molar-refractivity contribution in [2.75, 3.05) is 118 Å². The van der Waals surface area contributed by atoms with E-state index in [1.807, 2.05) is 0 Å². The lowest BCUT2D eigenvalue weighted by atomic mass is 10.2. The largest absolute Gasteiger partial charge is 0.390 e. The quantitative estimate of drug-likeness (QED) is 0.257. The maximum atomic E-state index is 10.8. The Labute approximate surface area is 217 Å². The third-order valence-corrected chi connectivity index (χ3v) is 7.71. The molecule has 0 saturated carbocycles. The van der Waals surface area contributed by atoms with Gasteiger partial charge in [-0.3, -0.25) is 19.6 Å². The first-order chi connectivity index (χ1) is 16.9. The van der Waals surface area contributed by atoms with Gasteiger partial charge in [0, 0.05) is 65.4 Å². The lowest BCUT2D eigenvalue weighted by molar-refractivity contribution is 0.0653. The number of nitrogens with zero attached hydrogens (tertiary/aromatic N) is 6. The molecule has 1 saturated heterocycles. The zero-order chi connectivity index (χ0) is 26.1. The second kappa shape index (κ2) is 19.7. The van der Waals surface area contributed by atoms with Crippen LogP contribution in [-0.2, 0) is 0 Å². The molecule has 210 valence electrons. The zero-order valence-electron chi connectivity index (χ0n) is 24.2. The van der Waals surface area contributed by atoms with Gasteiger partial charge in [0.1, 0.15) is 0 Å². The van der Waals surface area contributed by atoms with E-state index in [0.717, 1.165) is 124 Å². The van der Waals surface area contributed by atoms with Gasteiger partial charge >= 0.3 is 0 Å². The standard InChI is InChI=1S/C27H60N6O2/c1-7-28(8-2)16-18-30(11-5)22-26(34)24-32-14-13-15-33(21-20-32)25-27(35)23-31(12-6)19-17-29(9-3)10-4/h26-27,34-35H,7-25H2,1-6H3. The predicted octanol–water partition coefficient (Wildman–Crippen LogP) is 1.04. The second-order valence-corrected chi connectivity index (χ2v) is 10.1. The molecule has 0 bridgehead atoms. The Hall–Kier alpha value is -0.320. The molecule has 8 heteroatoms. The number of likely N-dealkylation sites (N-methyl/N-ethyl adjacent to an activating group) is 4. The Morgan fingerprint density at radius 2 is 0.829 bits per heavy atom. The Bertz CT molecular complexity index is 450. The van der Waals surface area contributed by atoms with Crippen LogP contribution in [0.1, 0.15) is 48.0 Å². The molecule has 1 aliphatic heterocycles. The fraction of sp³-hybridized carbons (Fsp3) is 1.00. The number of hydrogen-bond acceptors (Lipinski definition) is 8.